The van der Waals surface area contributed by atoms with Crippen LogP contribution >= 0.6 is 23.2 Å². The number of ketones is 1. The highest BCUT2D eigenvalue weighted by molar-refractivity contribution is 6.48. The van der Waals surface area contributed by atoms with Crippen molar-refractivity contribution in [2.24, 2.45) is 0 Å². The maximum absolute atomic E-state index is 12.5. The number of hydrogen-bond donors (Lipinski definition) is 2. The van der Waals surface area contributed by atoms with Crippen molar-refractivity contribution in [2.45, 2.75) is 13.3 Å². The van der Waals surface area contributed by atoms with Crippen LogP contribution in [-0.2, 0) is 9.59 Å². The van der Waals surface area contributed by atoms with E-state index in [9.17, 15) is 19.5 Å². The first-order chi connectivity index (χ1) is 11.3. The molecule has 0 saturated heterocycles. The number of allylic oxidation sites excluding steroid dienone is 3. The fourth-order valence-corrected chi connectivity index (χ4v) is 3.43. The Hall–Kier alpha value is -2.37. The Morgan fingerprint density at radius 3 is 2.38 bits per heavy atom. The van der Waals surface area contributed by atoms with E-state index in [1.165, 1.54) is 6.07 Å². The number of benzene rings is 1. The first-order valence-corrected chi connectivity index (χ1v) is 7.72. The molecule has 0 atom stereocenters. The van der Waals surface area contributed by atoms with Crippen LogP contribution in [0.4, 0.5) is 0 Å². The molecule has 2 aliphatic rings. The van der Waals surface area contributed by atoms with E-state index in [1.807, 2.05) is 5.32 Å². The Bertz CT molecular complexity index is 925. The zero-order valence-electron chi connectivity index (χ0n) is 12.5. The lowest BCUT2D eigenvalue weighted by Gasteiger charge is -2.11. The van der Waals surface area contributed by atoms with Gasteiger partial charge in [-0.1, -0.05) is 29.3 Å². The zero-order chi connectivity index (χ0) is 17.8. The second kappa shape index (κ2) is 5.61. The number of halogens is 2. The topological polar surface area (TPSA) is 83.5 Å². The molecule has 1 aliphatic carbocycles. The summed E-state index contributed by atoms with van der Waals surface area (Å²) >= 11 is 12.5. The van der Waals surface area contributed by atoms with Gasteiger partial charge in [-0.25, -0.2) is 0 Å². The van der Waals surface area contributed by atoms with Gasteiger partial charge in [0.2, 0.25) is 0 Å². The first kappa shape index (κ1) is 16.5. The van der Waals surface area contributed by atoms with Crippen molar-refractivity contribution >= 4 is 51.9 Å². The minimum Gasteiger partial charge on any atom is -0.502 e. The number of fused-ring (bicyclic) bond motifs is 1. The summed E-state index contributed by atoms with van der Waals surface area (Å²) in [6, 6.07) is 1.50. The summed E-state index contributed by atoms with van der Waals surface area (Å²) in [4.78, 5) is 35.9. The van der Waals surface area contributed by atoms with Crippen molar-refractivity contribution in [2.75, 3.05) is 0 Å². The molecule has 0 bridgehead atoms. The molecule has 7 heteroatoms. The molecule has 122 valence electrons. The third-order valence-corrected chi connectivity index (χ3v) is 4.96. The Morgan fingerprint density at radius 1 is 1.17 bits per heavy atom. The molecular formula is C17H11Cl2NO4. The van der Waals surface area contributed by atoms with Crippen LogP contribution in [0, 0.1) is 0 Å². The molecule has 5 nitrogen and oxygen atoms in total. The van der Waals surface area contributed by atoms with Crippen molar-refractivity contribution in [3.63, 3.8) is 0 Å². The van der Waals surface area contributed by atoms with Gasteiger partial charge in [0.1, 0.15) is 0 Å². The highest BCUT2D eigenvalue weighted by atomic mass is 35.5. The van der Waals surface area contributed by atoms with E-state index in [0.717, 1.165) is 0 Å². The number of Topliss-reactive ketones (excluding diaryl/α,β-unsaturated/α-hetero) is 1. The summed E-state index contributed by atoms with van der Waals surface area (Å²) in [5, 5.41) is 11.8. The van der Waals surface area contributed by atoms with Crippen molar-refractivity contribution in [3.05, 3.63) is 56.8 Å². The van der Waals surface area contributed by atoms with Gasteiger partial charge in [-0.15, -0.1) is 6.58 Å². The summed E-state index contributed by atoms with van der Waals surface area (Å²) < 4.78 is 0. The van der Waals surface area contributed by atoms with Crippen LogP contribution in [0.3, 0.4) is 0 Å². The van der Waals surface area contributed by atoms with Crippen LogP contribution in [0.15, 0.2) is 30.1 Å². The van der Waals surface area contributed by atoms with Gasteiger partial charge in [0, 0.05) is 16.7 Å². The highest BCUT2D eigenvalue weighted by Gasteiger charge is 2.36. The van der Waals surface area contributed by atoms with E-state index in [0.29, 0.717) is 23.1 Å². The molecule has 2 N–H and O–H groups in total. The molecule has 1 aromatic rings. The molecule has 0 spiro atoms. The number of amides is 2. The molecule has 1 aromatic carbocycles. The number of carbonyl (C=O) groups excluding carboxylic acids is 3. The van der Waals surface area contributed by atoms with Crippen LogP contribution in [0.1, 0.15) is 34.8 Å². The van der Waals surface area contributed by atoms with Crippen LogP contribution in [0.5, 0.6) is 0 Å². The Balaban J connectivity index is 2.30. The number of rotatable bonds is 3. The second-order valence-electron chi connectivity index (χ2n) is 5.41. The van der Waals surface area contributed by atoms with Crippen LogP contribution in [0.25, 0.3) is 11.1 Å². The molecule has 1 aliphatic heterocycles. The van der Waals surface area contributed by atoms with Gasteiger partial charge in [0.05, 0.1) is 15.6 Å². The first-order valence-electron chi connectivity index (χ1n) is 6.96. The Morgan fingerprint density at radius 2 is 1.83 bits per heavy atom. The molecule has 0 saturated carbocycles. The van der Waals surface area contributed by atoms with E-state index in [4.69, 9.17) is 23.2 Å². The minimum absolute atomic E-state index is 0.0139. The number of aliphatic hydroxyl groups is 1. The maximum atomic E-state index is 12.5. The van der Waals surface area contributed by atoms with Gasteiger partial charge in [0.25, 0.3) is 11.8 Å². The third kappa shape index (κ3) is 2.12. The van der Waals surface area contributed by atoms with E-state index in [-0.39, 0.29) is 32.5 Å². The molecule has 0 aromatic heterocycles. The minimum atomic E-state index is -0.904. The SMILES string of the molecule is C=CCC1=C(C)c2cc(C3=C(O)C(=O)NC3=O)c(Cl)c(Cl)c2C1=O. The Labute approximate surface area is 147 Å². The summed E-state index contributed by atoms with van der Waals surface area (Å²) in [6.45, 7) is 5.38. The normalized spacial score (nSPS) is 16.9. The standard InChI is InChI=1S/C17H11Cl2NO4/c1-3-4-7-6(2)8-5-9(11-15(22)17(24)20-16(11)23)12(18)13(19)10(8)14(7)21/h3,5H,1,4H2,2H3,(H2,20,22,23,24). The van der Waals surface area contributed by atoms with Gasteiger partial charge < -0.3 is 5.11 Å². The monoisotopic (exact) mass is 363 g/mol. The molecule has 3 rings (SSSR count). The quantitative estimate of drug-likeness (QED) is 0.636. The lowest BCUT2D eigenvalue weighted by Crippen LogP contribution is -2.23. The van der Waals surface area contributed by atoms with Crippen molar-refractivity contribution in [1.29, 1.82) is 0 Å². The van der Waals surface area contributed by atoms with Gasteiger partial charge in [-0.2, -0.15) is 0 Å². The number of imide groups is 1. The lowest BCUT2D eigenvalue weighted by atomic mass is 9.97. The molecule has 0 fully saturated rings. The molecule has 0 radical (unpaired) electrons. The summed E-state index contributed by atoms with van der Waals surface area (Å²) in [7, 11) is 0. The van der Waals surface area contributed by atoms with Gasteiger partial charge in [-0.3, -0.25) is 19.7 Å². The molecule has 1 heterocycles. The summed E-state index contributed by atoms with van der Waals surface area (Å²) in [5.41, 5.74) is 1.86. The molecule has 2 amide bonds. The number of carbonyl (C=O) groups is 3. The summed E-state index contributed by atoms with van der Waals surface area (Å²) in [5.74, 6) is -2.65. The lowest BCUT2D eigenvalue weighted by molar-refractivity contribution is -0.124. The van der Waals surface area contributed by atoms with Crippen LogP contribution < -0.4 is 5.32 Å². The van der Waals surface area contributed by atoms with E-state index in [1.54, 1.807) is 13.0 Å². The molecular weight excluding hydrogens is 353 g/mol. The fourth-order valence-electron chi connectivity index (χ4n) is 2.90. The van der Waals surface area contributed by atoms with Gasteiger partial charge in [0.15, 0.2) is 11.5 Å². The number of aliphatic hydroxyl groups excluding tert-OH is 1. The predicted molar refractivity (Wildman–Crippen MR) is 90.9 cm³/mol. The van der Waals surface area contributed by atoms with Crippen molar-refractivity contribution in [1.82, 2.24) is 5.32 Å². The molecule has 24 heavy (non-hydrogen) atoms. The zero-order valence-corrected chi connectivity index (χ0v) is 14.0. The predicted octanol–water partition coefficient (Wildman–Crippen LogP) is 3.46. The average molecular weight is 364 g/mol. The van der Waals surface area contributed by atoms with Crippen LogP contribution in [-0.4, -0.2) is 22.7 Å². The fraction of sp³-hybridized carbons (Fsp3) is 0.118. The van der Waals surface area contributed by atoms with Crippen molar-refractivity contribution < 1.29 is 19.5 Å². The highest BCUT2D eigenvalue weighted by Crippen LogP contribution is 2.45. The Kier molecular flexibility index (Phi) is 3.86. The van der Waals surface area contributed by atoms with E-state index < -0.39 is 17.6 Å². The second-order valence-corrected chi connectivity index (χ2v) is 6.16. The molecule has 0 unspecified atom stereocenters. The average Bonchev–Trinajstić information content (AvgIpc) is 2.91. The smallest absolute Gasteiger partial charge is 0.293 e. The summed E-state index contributed by atoms with van der Waals surface area (Å²) in [6.07, 6.45) is 1.98. The van der Waals surface area contributed by atoms with Gasteiger partial charge in [-0.05, 0) is 30.5 Å². The number of hydrogen-bond acceptors (Lipinski definition) is 4. The number of nitrogens with one attached hydrogen (secondary N) is 1. The van der Waals surface area contributed by atoms with Gasteiger partial charge >= 0.3 is 0 Å². The maximum Gasteiger partial charge on any atom is 0.293 e. The van der Waals surface area contributed by atoms with Crippen molar-refractivity contribution in [3.8, 4) is 0 Å². The third-order valence-electron chi connectivity index (χ3n) is 4.09. The van der Waals surface area contributed by atoms with E-state index in [2.05, 4.69) is 6.58 Å². The van der Waals surface area contributed by atoms with Crippen LogP contribution in [0.2, 0.25) is 10.0 Å². The largest absolute Gasteiger partial charge is 0.502 e. The van der Waals surface area contributed by atoms with E-state index >= 15 is 0 Å².